The summed E-state index contributed by atoms with van der Waals surface area (Å²) in [6, 6.07) is 8.51. The lowest BCUT2D eigenvalue weighted by molar-refractivity contribution is 0.356. The number of nitrogens with zero attached hydrogens (tertiary/aromatic N) is 2. The fraction of sp³-hybridized carbons (Fsp3) is 0.467. The molecule has 19 heavy (non-hydrogen) atoms. The first-order valence-corrected chi connectivity index (χ1v) is 7.08. The maximum atomic E-state index is 5.47. The minimum atomic E-state index is 0.139. The van der Waals surface area contributed by atoms with Crippen LogP contribution in [-0.2, 0) is 6.42 Å². The molecular formula is C15H17N3O. The first kappa shape index (κ1) is 11.0. The van der Waals surface area contributed by atoms with Gasteiger partial charge in [-0.25, -0.2) is 0 Å². The molecular weight excluding hydrogens is 238 g/mol. The van der Waals surface area contributed by atoms with Gasteiger partial charge in [0.25, 0.3) is 0 Å². The van der Waals surface area contributed by atoms with Crippen LogP contribution in [0.1, 0.15) is 54.9 Å². The molecule has 0 radical (unpaired) electrons. The third-order valence-electron chi connectivity index (χ3n) is 4.25. The van der Waals surface area contributed by atoms with E-state index in [-0.39, 0.29) is 6.04 Å². The lowest BCUT2D eigenvalue weighted by Crippen LogP contribution is -2.06. The topological polar surface area (TPSA) is 51.0 Å². The average Bonchev–Trinajstić information content (AvgIpc) is 3.17. The highest BCUT2D eigenvalue weighted by molar-refractivity contribution is 5.56. The van der Waals surface area contributed by atoms with Gasteiger partial charge in [-0.1, -0.05) is 36.2 Å². The van der Waals surface area contributed by atoms with Gasteiger partial charge in [-0.3, -0.25) is 0 Å². The minimum absolute atomic E-state index is 0.139. The first-order chi connectivity index (χ1) is 9.40. The van der Waals surface area contributed by atoms with Crippen molar-refractivity contribution in [3.63, 3.8) is 0 Å². The molecule has 0 unspecified atom stereocenters. The summed E-state index contributed by atoms with van der Waals surface area (Å²) in [5.41, 5.74) is 2.52. The lowest BCUT2D eigenvalue weighted by atomic mass is 10.1. The molecule has 0 saturated heterocycles. The molecule has 1 N–H and O–H groups in total. The Morgan fingerprint density at radius 3 is 2.84 bits per heavy atom. The van der Waals surface area contributed by atoms with Crippen molar-refractivity contribution in [1.29, 1.82) is 0 Å². The fourth-order valence-electron chi connectivity index (χ4n) is 3.19. The largest absolute Gasteiger partial charge is 0.373 e. The molecule has 2 heterocycles. The molecule has 1 atom stereocenters. The molecule has 4 heteroatoms. The fourth-order valence-corrected chi connectivity index (χ4v) is 3.19. The first-order valence-electron chi connectivity index (χ1n) is 7.08. The van der Waals surface area contributed by atoms with Crippen LogP contribution in [0.3, 0.4) is 0 Å². The Morgan fingerprint density at radius 2 is 2.00 bits per heavy atom. The van der Waals surface area contributed by atoms with Crippen LogP contribution in [0.5, 0.6) is 0 Å². The van der Waals surface area contributed by atoms with Crippen molar-refractivity contribution in [2.75, 3.05) is 5.32 Å². The Hall–Kier alpha value is -1.84. The molecule has 1 aliphatic carbocycles. The summed E-state index contributed by atoms with van der Waals surface area (Å²) < 4.78 is 5.47. The van der Waals surface area contributed by atoms with Crippen LogP contribution in [0.4, 0.5) is 5.69 Å². The van der Waals surface area contributed by atoms with Gasteiger partial charge in [-0.15, -0.1) is 0 Å². The van der Waals surface area contributed by atoms with Crippen molar-refractivity contribution in [3.05, 3.63) is 41.5 Å². The number of aromatic nitrogens is 2. The number of fused-ring (bicyclic) bond motifs is 1. The van der Waals surface area contributed by atoms with Gasteiger partial charge in [0.05, 0.1) is 0 Å². The maximum absolute atomic E-state index is 5.47. The Bertz CT molecular complexity index is 562. The highest BCUT2D eigenvalue weighted by Gasteiger charge is 2.28. The van der Waals surface area contributed by atoms with Gasteiger partial charge in [-0.05, 0) is 24.5 Å². The maximum Gasteiger partial charge on any atom is 0.249 e. The van der Waals surface area contributed by atoms with E-state index in [2.05, 4.69) is 33.7 Å². The van der Waals surface area contributed by atoms with E-state index in [4.69, 9.17) is 4.52 Å². The second kappa shape index (κ2) is 4.37. The van der Waals surface area contributed by atoms with E-state index in [1.165, 1.54) is 36.9 Å². The van der Waals surface area contributed by atoms with Crippen molar-refractivity contribution >= 4 is 5.69 Å². The Balaban J connectivity index is 1.55. The number of rotatable bonds is 2. The van der Waals surface area contributed by atoms with Crippen LogP contribution >= 0.6 is 0 Å². The Labute approximate surface area is 112 Å². The summed E-state index contributed by atoms with van der Waals surface area (Å²) in [6.45, 7) is 0. The third-order valence-corrected chi connectivity index (χ3v) is 4.25. The van der Waals surface area contributed by atoms with Gasteiger partial charge in [0.2, 0.25) is 5.89 Å². The Kier molecular flexibility index (Phi) is 2.53. The van der Waals surface area contributed by atoms with Crippen molar-refractivity contribution in [3.8, 4) is 0 Å². The molecule has 0 amide bonds. The summed E-state index contributed by atoms with van der Waals surface area (Å²) in [5.74, 6) is 2.16. The molecule has 0 bridgehead atoms. The highest BCUT2D eigenvalue weighted by atomic mass is 16.5. The molecule has 4 nitrogen and oxygen atoms in total. The molecule has 1 aromatic heterocycles. The summed E-state index contributed by atoms with van der Waals surface area (Å²) in [6.07, 6.45) is 5.93. The van der Waals surface area contributed by atoms with E-state index in [1.54, 1.807) is 0 Å². The van der Waals surface area contributed by atoms with Gasteiger partial charge >= 0.3 is 0 Å². The standard InChI is InChI=1S/C15H17N3O/c1-2-6-10(5-1)14-17-15(19-18-14)13-9-11-7-3-4-8-12(11)16-13/h3-4,7-8,10,13,16H,1-2,5-6,9H2/t13-/m0/s1. The second-order valence-corrected chi connectivity index (χ2v) is 5.53. The number of nitrogens with one attached hydrogen (secondary N) is 1. The summed E-state index contributed by atoms with van der Waals surface area (Å²) in [4.78, 5) is 4.62. The molecule has 0 spiro atoms. The smallest absolute Gasteiger partial charge is 0.249 e. The summed E-state index contributed by atoms with van der Waals surface area (Å²) in [7, 11) is 0. The minimum Gasteiger partial charge on any atom is -0.373 e. The zero-order valence-corrected chi connectivity index (χ0v) is 10.8. The molecule has 1 aromatic carbocycles. The number of hydrogen-bond acceptors (Lipinski definition) is 4. The molecule has 2 aliphatic rings. The van der Waals surface area contributed by atoms with Gasteiger partial charge in [0.1, 0.15) is 6.04 Å². The quantitative estimate of drug-likeness (QED) is 0.893. The Morgan fingerprint density at radius 1 is 1.16 bits per heavy atom. The number of para-hydroxylation sites is 1. The number of anilines is 1. The van der Waals surface area contributed by atoms with Gasteiger partial charge in [0, 0.05) is 18.0 Å². The van der Waals surface area contributed by atoms with Crippen molar-refractivity contribution in [2.45, 2.75) is 44.1 Å². The number of benzene rings is 1. The van der Waals surface area contributed by atoms with Crippen LogP contribution in [0.2, 0.25) is 0 Å². The normalized spacial score (nSPS) is 22.4. The van der Waals surface area contributed by atoms with E-state index in [0.29, 0.717) is 5.92 Å². The van der Waals surface area contributed by atoms with Crippen LogP contribution in [-0.4, -0.2) is 10.1 Å². The van der Waals surface area contributed by atoms with Crippen molar-refractivity contribution in [2.24, 2.45) is 0 Å². The van der Waals surface area contributed by atoms with E-state index >= 15 is 0 Å². The van der Waals surface area contributed by atoms with Crippen LogP contribution in [0.15, 0.2) is 28.8 Å². The lowest BCUT2D eigenvalue weighted by Gasteiger charge is -2.04. The predicted octanol–water partition coefficient (Wildman–Crippen LogP) is 3.44. The summed E-state index contributed by atoms with van der Waals surface area (Å²) in [5, 5.41) is 7.64. The van der Waals surface area contributed by atoms with E-state index in [1.807, 2.05) is 6.07 Å². The van der Waals surface area contributed by atoms with Crippen molar-refractivity contribution in [1.82, 2.24) is 10.1 Å². The molecule has 4 rings (SSSR count). The molecule has 98 valence electrons. The molecule has 1 saturated carbocycles. The van der Waals surface area contributed by atoms with E-state index in [9.17, 15) is 0 Å². The molecule has 1 fully saturated rings. The van der Waals surface area contributed by atoms with Crippen molar-refractivity contribution < 1.29 is 4.52 Å². The van der Waals surface area contributed by atoms with Crippen LogP contribution in [0, 0.1) is 0 Å². The molecule has 1 aliphatic heterocycles. The second-order valence-electron chi connectivity index (χ2n) is 5.53. The zero-order chi connectivity index (χ0) is 12.7. The van der Waals surface area contributed by atoms with Crippen LogP contribution < -0.4 is 5.32 Å². The predicted molar refractivity (Wildman–Crippen MR) is 72.0 cm³/mol. The SMILES string of the molecule is c1ccc2c(c1)C[C@@H](c1nc(C3CCCC3)no1)N2. The summed E-state index contributed by atoms with van der Waals surface area (Å²) >= 11 is 0. The molecule has 2 aromatic rings. The van der Waals surface area contributed by atoms with Gasteiger partial charge < -0.3 is 9.84 Å². The van der Waals surface area contributed by atoms with Crippen LogP contribution in [0.25, 0.3) is 0 Å². The third kappa shape index (κ3) is 1.91. The average molecular weight is 255 g/mol. The van der Waals surface area contributed by atoms with Gasteiger partial charge in [-0.2, -0.15) is 4.98 Å². The van der Waals surface area contributed by atoms with E-state index in [0.717, 1.165) is 18.1 Å². The number of hydrogen-bond donors (Lipinski definition) is 1. The van der Waals surface area contributed by atoms with E-state index < -0.39 is 0 Å². The zero-order valence-electron chi connectivity index (χ0n) is 10.8. The van der Waals surface area contributed by atoms with Gasteiger partial charge in [0.15, 0.2) is 5.82 Å². The monoisotopic (exact) mass is 255 g/mol. The highest BCUT2D eigenvalue weighted by Crippen LogP contribution is 2.36.